The van der Waals surface area contributed by atoms with Gasteiger partial charge in [-0.25, -0.2) is 4.79 Å². The first-order valence-corrected chi connectivity index (χ1v) is 7.10. The number of hydrogen-bond acceptors (Lipinski definition) is 4. The van der Waals surface area contributed by atoms with Crippen LogP contribution >= 0.6 is 0 Å². The molecule has 0 fully saturated rings. The quantitative estimate of drug-likeness (QED) is 0.882. The van der Waals surface area contributed by atoms with E-state index in [-0.39, 0.29) is 5.97 Å². The predicted octanol–water partition coefficient (Wildman–Crippen LogP) is 3.21. The van der Waals surface area contributed by atoms with Gasteiger partial charge in [-0.05, 0) is 35.9 Å². The van der Waals surface area contributed by atoms with Gasteiger partial charge in [0.25, 0.3) is 0 Å². The molecule has 0 saturated carbocycles. The number of methoxy groups -OCH3 is 2. The molecule has 0 aliphatic carbocycles. The third kappa shape index (κ3) is 2.94. The Labute approximate surface area is 134 Å². The summed E-state index contributed by atoms with van der Waals surface area (Å²) < 4.78 is 9.94. The van der Waals surface area contributed by atoms with Crippen molar-refractivity contribution < 1.29 is 14.3 Å². The van der Waals surface area contributed by atoms with Gasteiger partial charge in [0, 0.05) is 17.9 Å². The minimum absolute atomic E-state index is 0.355. The molecule has 0 saturated heterocycles. The van der Waals surface area contributed by atoms with Crippen molar-refractivity contribution in [2.24, 2.45) is 4.99 Å². The zero-order chi connectivity index (χ0) is 16.2. The Kier molecular flexibility index (Phi) is 4.10. The van der Waals surface area contributed by atoms with Crippen LogP contribution in [0.5, 0.6) is 5.88 Å². The molecule has 1 aliphatic rings. The summed E-state index contributed by atoms with van der Waals surface area (Å²) in [6, 6.07) is 11.0. The Hall–Kier alpha value is -3.08. The summed E-state index contributed by atoms with van der Waals surface area (Å²) in [6.07, 6.45) is 5.58. The zero-order valence-corrected chi connectivity index (χ0v) is 12.9. The van der Waals surface area contributed by atoms with Gasteiger partial charge in [0.2, 0.25) is 0 Å². The number of carbonyl (C=O) groups is 1. The smallest absolute Gasteiger partial charge is 0.337 e. The fraction of sp³-hybridized carbons (Fsp3) is 0.111. The Morgan fingerprint density at radius 1 is 1.04 bits per heavy atom. The molecule has 5 heteroatoms. The van der Waals surface area contributed by atoms with Crippen LogP contribution in [-0.2, 0) is 4.74 Å². The van der Waals surface area contributed by atoms with Gasteiger partial charge in [0.1, 0.15) is 0 Å². The number of benzene rings is 1. The number of rotatable bonds is 4. The van der Waals surface area contributed by atoms with E-state index < -0.39 is 0 Å². The second-order valence-electron chi connectivity index (χ2n) is 4.91. The lowest BCUT2D eigenvalue weighted by Crippen LogP contribution is -2.01. The van der Waals surface area contributed by atoms with Gasteiger partial charge in [0.15, 0.2) is 5.88 Å². The minimum Gasteiger partial charge on any atom is -0.482 e. The van der Waals surface area contributed by atoms with Crippen LogP contribution in [0.1, 0.15) is 21.6 Å². The van der Waals surface area contributed by atoms with Crippen LogP contribution in [0.4, 0.5) is 0 Å². The maximum absolute atomic E-state index is 11.6. The molecule has 0 radical (unpaired) electrons. The number of esters is 1. The van der Waals surface area contributed by atoms with Gasteiger partial charge in [-0.3, -0.25) is 4.99 Å². The third-order valence-electron chi connectivity index (χ3n) is 3.55. The van der Waals surface area contributed by atoms with Crippen LogP contribution < -0.4 is 4.74 Å². The van der Waals surface area contributed by atoms with Crippen molar-refractivity contribution in [1.82, 2.24) is 4.98 Å². The lowest BCUT2D eigenvalue weighted by atomic mass is 9.99. The highest BCUT2D eigenvalue weighted by molar-refractivity contribution is 5.91. The van der Waals surface area contributed by atoms with Crippen molar-refractivity contribution in [2.75, 3.05) is 14.2 Å². The molecule has 0 atom stereocenters. The Bertz CT molecular complexity index is 797. The first kappa shape index (κ1) is 14.8. The summed E-state index contributed by atoms with van der Waals surface area (Å²) in [7, 11) is 2.98. The van der Waals surface area contributed by atoms with Gasteiger partial charge in [-0.1, -0.05) is 12.1 Å². The molecule has 2 heterocycles. The summed E-state index contributed by atoms with van der Waals surface area (Å²) in [6.45, 7) is 0. The van der Waals surface area contributed by atoms with Crippen LogP contribution in [-0.4, -0.2) is 31.4 Å². The van der Waals surface area contributed by atoms with Crippen LogP contribution in [0.3, 0.4) is 0 Å². The molecular formula is C18H16N2O3. The van der Waals surface area contributed by atoms with E-state index in [1.165, 1.54) is 7.11 Å². The van der Waals surface area contributed by atoms with E-state index in [1.54, 1.807) is 25.5 Å². The van der Waals surface area contributed by atoms with Crippen LogP contribution in [0, 0.1) is 0 Å². The van der Waals surface area contributed by atoms with Gasteiger partial charge in [0.05, 0.1) is 31.2 Å². The molecule has 1 N–H and O–H groups in total. The van der Waals surface area contributed by atoms with Crippen molar-refractivity contribution >= 4 is 17.8 Å². The predicted molar refractivity (Wildman–Crippen MR) is 88.8 cm³/mol. The highest BCUT2D eigenvalue weighted by Crippen LogP contribution is 2.30. The van der Waals surface area contributed by atoms with E-state index in [4.69, 9.17) is 9.47 Å². The second-order valence-corrected chi connectivity index (χ2v) is 4.91. The summed E-state index contributed by atoms with van der Waals surface area (Å²) in [5, 5.41) is 0. The van der Waals surface area contributed by atoms with Crippen molar-refractivity contribution in [3.8, 4) is 5.88 Å². The minimum atomic E-state index is -0.355. The van der Waals surface area contributed by atoms with Gasteiger partial charge in [-0.15, -0.1) is 0 Å². The van der Waals surface area contributed by atoms with Gasteiger partial charge >= 0.3 is 5.97 Å². The summed E-state index contributed by atoms with van der Waals surface area (Å²) in [5.74, 6) is 0.321. The largest absolute Gasteiger partial charge is 0.482 e. The van der Waals surface area contributed by atoms with Crippen LogP contribution in [0.2, 0.25) is 0 Å². The molecule has 116 valence electrons. The van der Waals surface area contributed by atoms with Gasteiger partial charge in [-0.2, -0.15) is 0 Å². The fourth-order valence-electron chi connectivity index (χ4n) is 2.42. The molecular weight excluding hydrogens is 292 g/mol. The highest BCUT2D eigenvalue weighted by atomic mass is 16.5. The zero-order valence-electron chi connectivity index (χ0n) is 12.9. The maximum atomic E-state index is 11.6. The number of ether oxygens (including phenoxy) is 2. The summed E-state index contributed by atoms with van der Waals surface area (Å²) >= 11 is 0. The number of aromatic nitrogens is 1. The second kappa shape index (κ2) is 6.36. The number of nitrogens with zero attached hydrogens (tertiary/aromatic N) is 1. The van der Waals surface area contributed by atoms with Crippen LogP contribution in [0.15, 0.2) is 59.2 Å². The fourth-order valence-corrected chi connectivity index (χ4v) is 2.42. The Morgan fingerprint density at radius 3 is 2.35 bits per heavy atom. The molecule has 0 bridgehead atoms. The summed E-state index contributed by atoms with van der Waals surface area (Å²) in [5.41, 5.74) is 4.14. The molecule has 5 nitrogen and oxygen atoms in total. The number of aromatic amines is 1. The van der Waals surface area contributed by atoms with Crippen molar-refractivity contribution in [2.45, 2.75) is 0 Å². The number of H-pyrrole nitrogens is 1. The van der Waals surface area contributed by atoms with E-state index >= 15 is 0 Å². The molecule has 0 amide bonds. The van der Waals surface area contributed by atoms with Crippen molar-refractivity contribution in [3.63, 3.8) is 0 Å². The average molecular weight is 308 g/mol. The number of aliphatic imine (C=N–C) groups is 1. The highest BCUT2D eigenvalue weighted by Gasteiger charge is 2.15. The molecule has 1 aromatic carbocycles. The normalized spacial score (nSPS) is 14.9. The topological polar surface area (TPSA) is 63.7 Å². The monoisotopic (exact) mass is 308 g/mol. The Morgan fingerprint density at radius 2 is 1.78 bits per heavy atom. The lowest BCUT2D eigenvalue weighted by Gasteiger charge is -2.09. The molecule has 3 rings (SSSR count). The molecule has 23 heavy (non-hydrogen) atoms. The average Bonchev–Trinajstić information content (AvgIpc) is 3.27. The first-order valence-electron chi connectivity index (χ1n) is 7.10. The number of carbonyl (C=O) groups excluding carboxylic acids is 1. The van der Waals surface area contributed by atoms with Crippen molar-refractivity contribution in [3.05, 3.63) is 71.1 Å². The van der Waals surface area contributed by atoms with E-state index in [9.17, 15) is 4.79 Å². The van der Waals surface area contributed by atoms with Gasteiger partial charge < -0.3 is 14.5 Å². The number of nitrogens with one attached hydrogen (secondary N) is 1. The standard InChI is InChI=1S/C18H16N2O3/c1-22-16-10-9-15(20-16)17(14-4-3-11-19-14)12-5-7-13(8-6-12)18(21)23-2/h3-11,20H,1-2H3. The maximum Gasteiger partial charge on any atom is 0.337 e. The number of allylic oxidation sites excluding steroid dienone is 2. The molecule has 1 aliphatic heterocycles. The van der Waals surface area contributed by atoms with E-state index in [0.717, 1.165) is 22.5 Å². The van der Waals surface area contributed by atoms with Crippen molar-refractivity contribution in [1.29, 1.82) is 0 Å². The van der Waals surface area contributed by atoms with E-state index in [1.807, 2.05) is 36.4 Å². The molecule has 2 aromatic rings. The third-order valence-corrected chi connectivity index (χ3v) is 3.55. The molecule has 0 unspecified atom stereocenters. The Balaban J connectivity index is 2.06. The lowest BCUT2D eigenvalue weighted by molar-refractivity contribution is 0.0600. The van der Waals surface area contributed by atoms with E-state index in [2.05, 4.69) is 9.98 Å². The first-order chi connectivity index (χ1) is 11.2. The number of hydrogen-bond donors (Lipinski definition) is 1. The SMILES string of the molecule is COC(=O)c1ccc(C(=C2C=CC=N2)c2ccc(OC)[nH]2)cc1. The molecule has 0 spiro atoms. The summed E-state index contributed by atoms with van der Waals surface area (Å²) in [4.78, 5) is 19.2. The van der Waals surface area contributed by atoms with Crippen LogP contribution in [0.25, 0.3) is 5.57 Å². The molecule has 1 aromatic heterocycles. The van der Waals surface area contributed by atoms with E-state index in [0.29, 0.717) is 11.4 Å².